The van der Waals surface area contributed by atoms with Crippen LogP contribution in [0, 0.1) is 10.1 Å². The molecule has 8 nitrogen and oxygen atoms in total. The molecule has 0 saturated heterocycles. The van der Waals surface area contributed by atoms with Gasteiger partial charge in [0.15, 0.2) is 5.11 Å². The molecule has 27 heavy (non-hydrogen) atoms. The summed E-state index contributed by atoms with van der Waals surface area (Å²) in [5.74, 6) is 0.780. The molecule has 2 rings (SSSR count). The highest BCUT2D eigenvalue weighted by molar-refractivity contribution is 7.80. The molecule has 0 aliphatic heterocycles. The molecule has 0 amide bonds. The summed E-state index contributed by atoms with van der Waals surface area (Å²) in [6.07, 6.45) is 1.47. The predicted octanol–water partition coefficient (Wildman–Crippen LogP) is 3.38. The van der Waals surface area contributed by atoms with Gasteiger partial charge in [-0.2, -0.15) is 5.10 Å². The van der Waals surface area contributed by atoms with E-state index in [1.54, 1.807) is 31.1 Å². The third kappa shape index (κ3) is 5.93. The van der Waals surface area contributed by atoms with Gasteiger partial charge in [-0.3, -0.25) is 15.5 Å². The van der Waals surface area contributed by atoms with Crippen molar-refractivity contribution in [1.29, 1.82) is 0 Å². The van der Waals surface area contributed by atoms with Gasteiger partial charge in [0.25, 0.3) is 5.69 Å². The Hall–Kier alpha value is -3.20. The predicted molar refractivity (Wildman–Crippen MR) is 112 cm³/mol. The van der Waals surface area contributed by atoms with Crippen LogP contribution in [0.1, 0.15) is 12.5 Å². The van der Waals surface area contributed by atoms with Crippen molar-refractivity contribution in [1.82, 2.24) is 5.43 Å². The zero-order chi connectivity index (χ0) is 19.8. The second kappa shape index (κ2) is 9.48. The monoisotopic (exact) mass is 387 g/mol. The van der Waals surface area contributed by atoms with Crippen LogP contribution in [-0.2, 0) is 0 Å². The number of hydrazone groups is 1. The maximum absolute atomic E-state index is 11.2. The van der Waals surface area contributed by atoms with Gasteiger partial charge in [0.1, 0.15) is 11.4 Å². The summed E-state index contributed by atoms with van der Waals surface area (Å²) in [7, 11) is 3.51. The minimum atomic E-state index is -0.418. The van der Waals surface area contributed by atoms with E-state index in [0.717, 1.165) is 11.4 Å². The molecule has 0 saturated carbocycles. The van der Waals surface area contributed by atoms with E-state index in [2.05, 4.69) is 15.8 Å². The lowest BCUT2D eigenvalue weighted by Gasteiger charge is -2.12. The van der Waals surface area contributed by atoms with E-state index in [1.165, 1.54) is 12.3 Å². The Morgan fingerprint density at radius 2 is 2.00 bits per heavy atom. The van der Waals surface area contributed by atoms with Crippen LogP contribution in [0.25, 0.3) is 0 Å². The van der Waals surface area contributed by atoms with Gasteiger partial charge in [-0.15, -0.1) is 0 Å². The maximum Gasteiger partial charge on any atom is 0.293 e. The Kier molecular flexibility index (Phi) is 7.07. The van der Waals surface area contributed by atoms with Crippen LogP contribution in [0.3, 0.4) is 0 Å². The smallest absolute Gasteiger partial charge is 0.293 e. The van der Waals surface area contributed by atoms with Gasteiger partial charge < -0.3 is 15.0 Å². The topological polar surface area (TPSA) is 92.0 Å². The molecule has 9 heteroatoms. The van der Waals surface area contributed by atoms with Gasteiger partial charge >= 0.3 is 0 Å². The van der Waals surface area contributed by atoms with Gasteiger partial charge in [0, 0.05) is 31.4 Å². The number of nitrogens with one attached hydrogen (secondary N) is 2. The Morgan fingerprint density at radius 3 is 2.59 bits per heavy atom. The van der Waals surface area contributed by atoms with Crippen molar-refractivity contribution in [3.8, 4) is 5.75 Å². The highest BCUT2D eigenvalue weighted by Crippen LogP contribution is 2.27. The van der Waals surface area contributed by atoms with Crippen molar-refractivity contribution in [2.75, 3.05) is 30.9 Å². The molecule has 0 aromatic heterocycles. The van der Waals surface area contributed by atoms with Crippen LogP contribution < -0.4 is 20.4 Å². The molecular weight excluding hydrogens is 366 g/mol. The highest BCUT2D eigenvalue weighted by atomic mass is 32.1. The summed E-state index contributed by atoms with van der Waals surface area (Å²) in [5.41, 5.74) is 4.60. The van der Waals surface area contributed by atoms with E-state index >= 15 is 0 Å². The number of nitrogens with zero attached hydrogens (tertiary/aromatic N) is 3. The van der Waals surface area contributed by atoms with Crippen molar-refractivity contribution < 1.29 is 9.66 Å². The summed E-state index contributed by atoms with van der Waals surface area (Å²) in [6, 6.07) is 12.2. The average molecular weight is 387 g/mol. The first kappa shape index (κ1) is 20.1. The van der Waals surface area contributed by atoms with Crippen LogP contribution in [0.15, 0.2) is 47.6 Å². The lowest BCUT2D eigenvalue weighted by atomic mass is 10.2. The number of thiocarbonyl (C=S) groups is 1. The number of anilines is 2. The lowest BCUT2D eigenvalue weighted by Crippen LogP contribution is -2.23. The molecule has 0 spiro atoms. The number of ether oxygens (including phenoxy) is 1. The molecular formula is C18H21N5O3S. The molecule has 0 atom stereocenters. The third-order valence-electron chi connectivity index (χ3n) is 3.48. The Bertz CT molecular complexity index is 837. The van der Waals surface area contributed by atoms with Crippen LogP contribution in [0.2, 0.25) is 0 Å². The zero-order valence-electron chi connectivity index (χ0n) is 15.3. The van der Waals surface area contributed by atoms with Crippen LogP contribution in [0.5, 0.6) is 5.75 Å². The first-order valence-corrected chi connectivity index (χ1v) is 8.60. The Balaban J connectivity index is 1.97. The van der Waals surface area contributed by atoms with E-state index in [9.17, 15) is 10.1 Å². The molecule has 142 valence electrons. The Morgan fingerprint density at radius 1 is 1.30 bits per heavy atom. The number of nitro groups is 1. The zero-order valence-corrected chi connectivity index (χ0v) is 16.1. The van der Waals surface area contributed by atoms with Crippen molar-refractivity contribution in [3.63, 3.8) is 0 Å². The minimum Gasteiger partial charge on any atom is -0.494 e. The van der Waals surface area contributed by atoms with Crippen molar-refractivity contribution in [2.45, 2.75) is 6.92 Å². The van der Waals surface area contributed by atoms with Gasteiger partial charge in [-0.05, 0) is 49.5 Å². The number of hydrogen-bond acceptors (Lipinski definition) is 6. The summed E-state index contributed by atoms with van der Waals surface area (Å²) in [4.78, 5) is 12.5. The van der Waals surface area contributed by atoms with E-state index in [0.29, 0.717) is 23.0 Å². The van der Waals surface area contributed by atoms with E-state index < -0.39 is 4.92 Å². The first-order chi connectivity index (χ1) is 12.9. The summed E-state index contributed by atoms with van der Waals surface area (Å²) < 4.78 is 5.38. The number of rotatable bonds is 7. The van der Waals surface area contributed by atoms with Gasteiger partial charge in [0.05, 0.1) is 17.7 Å². The van der Waals surface area contributed by atoms with Gasteiger partial charge in [-0.25, -0.2) is 0 Å². The standard InChI is InChI=1S/C18H21N5O3S/c1-4-26-15-8-6-14(7-9-15)20-18(27)21-19-12-13-5-10-16(22(2)3)17(11-13)23(24)25/h5-12H,4H2,1-3H3,(H2,20,21,27)/b19-12-. The van der Waals surface area contributed by atoms with E-state index in [4.69, 9.17) is 17.0 Å². The fraction of sp³-hybridized carbons (Fsp3) is 0.222. The van der Waals surface area contributed by atoms with Crippen LogP contribution in [0.4, 0.5) is 17.1 Å². The molecule has 2 N–H and O–H groups in total. The summed E-state index contributed by atoms with van der Waals surface area (Å²) >= 11 is 5.18. The van der Waals surface area contributed by atoms with Gasteiger partial charge in [-0.1, -0.05) is 6.07 Å². The van der Waals surface area contributed by atoms with Crippen molar-refractivity contribution >= 4 is 40.6 Å². The highest BCUT2D eigenvalue weighted by Gasteiger charge is 2.15. The molecule has 0 unspecified atom stereocenters. The molecule has 0 aliphatic carbocycles. The molecule has 0 heterocycles. The van der Waals surface area contributed by atoms with E-state index in [-0.39, 0.29) is 5.69 Å². The number of hydrogen-bond donors (Lipinski definition) is 2. The molecule has 0 bridgehead atoms. The van der Waals surface area contributed by atoms with E-state index in [1.807, 2.05) is 31.2 Å². The fourth-order valence-corrected chi connectivity index (χ4v) is 2.44. The average Bonchev–Trinajstić information content (AvgIpc) is 2.63. The lowest BCUT2D eigenvalue weighted by molar-refractivity contribution is -0.384. The second-order valence-corrected chi connectivity index (χ2v) is 6.09. The molecule has 0 aliphatic rings. The van der Waals surface area contributed by atoms with Crippen LogP contribution in [-0.4, -0.2) is 37.0 Å². The largest absolute Gasteiger partial charge is 0.494 e. The van der Waals surface area contributed by atoms with Crippen molar-refractivity contribution in [2.24, 2.45) is 5.10 Å². The normalized spacial score (nSPS) is 10.5. The fourth-order valence-electron chi connectivity index (χ4n) is 2.27. The molecule has 0 fully saturated rings. The first-order valence-electron chi connectivity index (χ1n) is 8.19. The molecule has 2 aromatic rings. The van der Waals surface area contributed by atoms with Crippen molar-refractivity contribution in [3.05, 3.63) is 58.1 Å². The second-order valence-electron chi connectivity index (χ2n) is 5.68. The number of nitro benzene ring substituents is 1. The molecule has 0 radical (unpaired) electrons. The number of benzene rings is 2. The summed E-state index contributed by atoms with van der Waals surface area (Å²) in [6.45, 7) is 2.53. The SMILES string of the molecule is CCOc1ccc(NC(=S)N/N=C\c2ccc(N(C)C)c([N+](=O)[O-])c2)cc1. The van der Waals surface area contributed by atoms with Crippen LogP contribution >= 0.6 is 12.2 Å². The maximum atomic E-state index is 11.2. The van der Waals surface area contributed by atoms with Gasteiger partial charge in [0.2, 0.25) is 0 Å². The third-order valence-corrected chi connectivity index (χ3v) is 3.67. The molecule has 2 aromatic carbocycles. The quantitative estimate of drug-likeness (QED) is 0.326. The summed E-state index contributed by atoms with van der Waals surface area (Å²) in [5, 5.41) is 18.5. The Labute approximate surface area is 163 Å². The minimum absolute atomic E-state index is 0.0130.